The van der Waals surface area contributed by atoms with Crippen LogP contribution in [-0.2, 0) is 0 Å². The van der Waals surface area contributed by atoms with Gasteiger partial charge in [-0.05, 0) is 50.5 Å². The van der Waals surface area contributed by atoms with Crippen LogP contribution in [0.4, 0.5) is 10.5 Å². The number of benzene rings is 1. The quantitative estimate of drug-likeness (QED) is 0.806. The largest absolute Gasteiger partial charge is 0.335 e. The molecule has 16 heavy (non-hydrogen) atoms. The van der Waals surface area contributed by atoms with E-state index in [9.17, 15) is 4.79 Å². The van der Waals surface area contributed by atoms with E-state index < -0.39 is 0 Å². The molecule has 0 aliphatic heterocycles. The van der Waals surface area contributed by atoms with Crippen molar-refractivity contribution in [1.29, 1.82) is 0 Å². The Morgan fingerprint density at radius 3 is 2.31 bits per heavy atom. The first-order chi connectivity index (χ1) is 7.51. The molecule has 1 atom stereocenters. The zero-order valence-electron chi connectivity index (χ0n) is 10.4. The Morgan fingerprint density at radius 1 is 1.25 bits per heavy atom. The molecule has 1 rings (SSSR count). The number of amides is 2. The molecule has 0 unspecified atom stereocenters. The summed E-state index contributed by atoms with van der Waals surface area (Å²) in [5.74, 6) is 0. The monoisotopic (exact) mass is 220 g/mol. The van der Waals surface area contributed by atoms with Gasteiger partial charge in [-0.2, -0.15) is 0 Å². The molecule has 1 aromatic carbocycles. The maximum atomic E-state index is 11.6. The number of aryl methyl sites for hydroxylation is 2. The van der Waals surface area contributed by atoms with E-state index in [2.05, 4.69) is 16.7 Å². The lowest BCUT2D eigenvalue weighted by Gasteiger charge is -2.13. The minimum atomic E-state index is -0.139. The van der Waals surface area contributed by atoms with Crippen molar-refractivity contribution in [1.82, 2.24) is 5.32 Å². The highest BCUT2D eigenvalue weighted by molar-refractivity contribution is 5.89. The second-order valence-electron chi connectivity index (χ2n) is 4.28. The second kappa shape index (κ2) is 5.54. The summed E-state index contributed by atoms with van der Waals surface area (Å²) in [5, 5.41) is 5.71. The Balaban J connectivity index is 2.62. The van der Waals surface area contributed by atoms with Crippen LogP contribution in [0.25, 0.3) is 0 Å². The van der Waals surface area contributed by atoms with Crippen LogP contribution < -0.4 is 10.6 Å². The molecule has 2 N–H and O–H groups in total. The molecule has 0 heterocycles. The number of nitrogens with one attached hydrogen (secondary N) is 2. The van der Waals surface area contributed by atoms with E-state index in [1.165, 1.54) is 0 Å². The molecule has 0 aromatic heterocycles. The van der Waals surface area contributed by atoms with Gasteiger partial charge in [-0.15, -0.1) is 0 Å². The SMILES string of the molecule is CC[C@H](C)NC(=O)Nc1cc(C)cc(C)c1. The minimum Gasteiger partial charge on any atom is -0.335 e. The molecule has 0 spiro atoms. The molecule has 0 fully saturated rings. The Hall–Kier alpha value is -1.51. The number of urea groups is 1. The highest BCUT2D eigenvalue weighted by Gasteiger charge is 2.05. The van der Waals surface area contributed by atoms with Crippen molar-refractivity contribution < 1.29 is 4.79 Å². The summed E-state index contributed by atoms with van der Waals surface area (Å²) in [4.78, 5) is 11.6. The van der Waals surface area contributed by atoms with Crippen molar-refractivity contribution in [2.24, 2.45) is 0 Å². The van der Waals surface area contributed by atoms with E-state index in [1.807, 2.05) is 39.8 Å². The van der Waals surface area contributed by atoms with Crippen LogP contribution in [0.1, 0.15) is 31.4 Å². The Bertz CT molecular complexity index is 354. The molecule has 0 aliphatic rings. The molecule has 0 radical (unpaired) electrons. The fourth-order valence-electron chi connectivity index (χ4n) is 1.54. The fraction of sp³-hybridized carbons (Fsp3) is 0.462. The average Bonchev–Trinajstić information content (AvgIpc) is 2.15. The number of hydrogen-bond acceptors (Lipinski definition) is 1. The predicted octanol–water partition coefficient (Wildman–Crippen LogP) is 3.22. The lowest BCUT2D eigenvalue weighted by Crippen LogP contribution is -2.35. The number of rotatable bonds is 3. The molecule has 0 aliphatic carbocycles. The molecular formula is C13H20N2O. The van der Waals surface area contributed by atoms with Crippen LogP contribution in [0, 0.1) is 13.8 Å². The van der Waals surface area contributed by atoms with E-state index >= 15 is 0 Å². The maximum Gasteiger partial charge on any atom is 0.319 e. The van der Waals surface area contributed by atoms with E-state index in [-0.39, 0.29) is 12.1 Å². The smallest absolute Gasteiger partial charge is 0.319 e. The zero-order chi connectivity index (χ0) is 12.1. The molecule has 0 saturated carbocycles. The van der Waals surface area contributed by atoms with Gasteiger partial charge in [-0.25, -0.2) is 4.79 Å². The predicted molar refractivity (Wildman–Crippen MR) is 67.8 cm³/mol. The van der Waals surface area contributed by atoms with E-state index in [1.54, 1.807) is 0 Å². The molecule has 3 nitrogen and oxygen atoms in total. The molecule has 0 bridgehead atoms. The third-order valence-electron chi connectivity index (χ3n) is 2.47. The first-order valence-electron chi connectivity index (χ1n) is 5.67. The lowest BCUT2D eigenvalue weighted by atomic mass is 10.1. The molecule has 3 heteroatoms. The first kappa shape index (κ1) is 12.6. The number of anilines is 1. The van der Waals surface area contributed by atoms with Gasteiger partial charge in [0.05, 0.1) is 0 Å². The van der Waals surface area contributed by atoms with Crippen molar-refractivity contribution in [2.45, 2.75) is 40.2 Å². The minimum absolute atomic E-state index is 0.139. The molecule has 1 aromatic rings. The summed E-state index contributed by atoms with van der Waals surface area (Å²) >= 11 is 0. The van der Waals surface area contributed by atoms with Crippen molar-refractivity contribution in [3.63, 3.8) is 0 Å². The Morgan fingerprint density at radius 2 is 1.81 bits per heavy atom. The standard InChI is InChI=1S/C13H20N2O/c1-5-11(4)14-13(16)15-12-7-9(2)6-10(3)8-12/h6-8,11H,5H2,1-4H3,(H2,14,15,16)/t11-/m0/s1. The van der Waals surface area contributed by atoms with Crippen LogP contribution in [0.2, 0.25) is 0 Å². The highest BCUT2D eigenvalue weighted by Crippen LogP contribution is 2.13. The number of carbonyl (C=O) groups is 1. The van der Waals surface area contributed by atoms with Gasteiger partial charge in [0.15, 0.2) is 0 Å². The number of carbonyl (C=O) groups excluding carboxylic acids is 1. The van der Waals surface area contributed by atoms with Crippen molar-refractivity contribution in [3.8, 4) is 0 Å². The Labute approximate surface area is 97.2 Å². The van der Waals surface area contributed by atoms with Gasteiger partial charge >= 0.3 is 6.03 Å². The molecular weight excluding hydrogens is 200 g/mol. The van der Waals surface area contributed by atoms with Crippen LogP contribution >= 0.6 is 0 Å². The molecule has 88 valence electrons. The van der Waals surface area contributed by atoms with Crippen LogP contribution in [0.5, 0.6) is 0 Å². The van der Waals surface area contributed by atoms with Crippen LogP contribution in [0.15, 0.2) is 18.2 Å². The van der Waals surface area contributed by atoms with Gasteiger partial charge in [0.25, 0.3) is 0 Å². The van der Waals surface area contributed by atoms with E-state index in [0.29, 0.717) is 0 Å². The summed E-state index contributed by atoms with van der Waals surface area (Å²) in [6, 6.07) is 6.06. The lowest BCUT2D eigenvalue weighted by molar-refractivity contribution is 0.249. The van der Waals surface area contributed by atoms with Gasteiger partial charge < -0.3 is 10.6 Å². The Kier molecular flexibility index (Phi) is 4.35. The van der Waals surface area contributed by atoms with E-state index in [0.717, 1.165) is 23.2 Å². The van der Waals surface area contributed by atoms with Gasteiger partial charge in [0.2, 0.25) is 0 Å². The number of hydrogen-bond donors (Lipinski definition) is 2. The summed E-state index contributed by atoms with van der Waals surface area (Å²) < 4.78 is 0. The second-order valence-corrected chi connectivity index (χ2v) is 4.28. The summed E-state index contributed by atoms with van der Waals surface area (Å²) in [6.45, 7) is 8.07. The zero-order valence-corrected chi connectivity index (χ0v) is 10.4. The molecule has 2 amide bonds. The topological polar surface area (TPSA) is 41.1 Å². The molecule has 0 saturated heterocycles. The van der Waals surface area contributed by atoms with Gasteiger partial charge in [0, 0.05) is 11.7 Å². The van der Waals surface area contributed by atoms with Crippen molar-refractivity contribution >= 4 is 11.7 Å². The third kappa shape index (κ3) is 3.93. The summed E-state index contributed by atoms with van der Waals surface area (Å²) in [5.41, 5.74) is 3.15. The fourth-order valence-corrected chi connectivity index (χ4v) is 1.54. The van der Waals surface area contributed by atoms with Gasteiger partial charge in [-0.3, -0.25) is 0 Å². The van der Waals surface area contributed by atoms with Crippen LogP contribution in [0.3, 0.4) is 0 Å². The summed E-state index contributed by atoms with van der Waals surface area (Å²) in [6.07, 6.45) is 0.931. The van der Waals surface area contributed by atoms with Crippen molar-refractivity contribution in [3.05, 3.63) is 29.3 Å². The maximum absolute atomic E-state index is 11.6. The highest BCUT2D eigenvalue weighted by atomic mass is 16.2. The van der Waals surface area contributed by atoms with E-state index in [4.69, 9.17) is 0 Å². The average molecular weight is 220 g/mol. The normalized spacial score (nSPS) is 12.0. The third-order valence-corrected chi connectivity index (χ3v) is 2.47. The van der Waals surface area contributed by atoms with Crippen LogP contribution in [-0.4, -0.2) is 12.1 Å². The summed E-state index contributed by atoms with van der Waals surface area (Å²) in [7, 11) is 0. The van der Waals surface area contributed by atoms with Gasteiger partial charge in [0.1, 0.15) is 0 Å². The first-order valence-corrected chi connectivity index (χ1v) is 5.67. The van der Waals surface area contributed by atoms with Gasteiger partial charge in [-0.1, -0.05) is 13.0 Å². The van der Waals surface area contributed by atoms with Crippen molar-refractivity contribution in [2.75, 3.05) is 5.32 Å².